The summed E-state index contributed by atoms with van der Waals surface area (Å²) in [6.45, 7) is 3.83. The maximum atomic E-state index is 11.0. The lowest BCUT2D eigenvalue weighted by atomic mass is 9.98. The Labute approximate surface area is 111 Å². The number of ether oxygens (including phenoxy) is 1. The Morgan fingerprint density at radius 3 is 2.24 bits per heavy atom. The van der Waals surface area contributed by atoms with E-state index in [2.05, 4.69) is 0 Å². The topological polar surface area (TPSA) is 43.4 Å². The van der Waals surface area contributed by atoms with E-state index < -0.39 is 14.5 Å². The van der Waals surface area contributed by atoms with Gasteiger partial charge in [0.15, 0.2) is 0 Å². The van der Waals surface area contributed by atoms with E-state index in [0.29, 0.717) is 10.8 Å². The minimum absolute atomic E-state index is 0.130. The summed E-state index contributed by atoms with van der Waals surface area (Å²) in [6.07, 6.45) is 0. The number of rotatable bonds is 5. The third-order valence-electron chi connectivity index (χ3n) is 2.01. The zero-order valence-electron chi connectivity index (χ0n) is 9.61. The van der Waals surface area contributed by atoms with Gasteiger partial charge in [-0.05, 0) is 24.3 Å². The van der Waals surface area contributed by atoms with Crippen LogP contribution in [-0.2, 0) is 9.05 Å². The lowest BCUT2D eigenvalue weighted by Crippen LogP contribution is -2.28. The molecule has 0 heterocycles. The van der Waals surface area contributed by atoms with Gasteiger partial charge in [0.25, 0.3) is 0 Å². The van der Waals surface area contributed by atoms with E-state index in [-0.39, 0.29) is 12.4 Å². The molecule has 3 nitrogen and oxygen atoms in total. The summed E-state index contributed by atoms with van der Waals surface area (Å²) in [5.41, 5.74) is -0.541. The summed E-state index contributed by atoms with van der Waals surface area (Å²) >= 11 is 5.74. The SMILES string of the molecule is CC(C)(COc1ccc(Cl)cc1)CS(=O)(=O)Cl. The average molecular weight is 297 g/mol. The molecule has 0 aliphatic heterocycles. The van der Waals surface area contributed by atoms with E-state index >= 15 is 0 Å². The van der Waals surface area contributed by atoms with Crippen LogP contribution < -0.4 is 4.74 Å². The van der Waals surface area contributed by atoms with Crippen molar-refractivity contribution in [3.05, 3.63) is 29.3 Å². The molecule has 1 aromatic rings. The fraction of sp³-hybridized carbons (Fsp3) is 0.455. The first-order valence-electron chi connectivity index (χ1n) is 4.99. The summed E-state index contributed by atoms with van der Waals surface area (Å²) in [6, 6.07) is 6.88. The van der Waals surface area contributed by atoms with Gasteiger partial charge < -0.3 is 4.74 Å². The van der Waals surface area contributed by atoms with Gasteiger partial charge in [0, 0.05) is 21.1 Å². The average Bonchev–Trinajstić information content (AvgIpc) is 2.13. The van der Waals surface area contributed by atoms with E-state index in [4.69, 9.17) is 27.0 Å². The molecule has 0 radical (unpaired) electrons. The quantitative estimate of drug-likeness (QED) is 0.783. The van der Waals surface area contributed by atoms with Crippen LogP contribution in [-0.4, -0.2) is 20.8 Å². The molecule has 0 bridgehead atoms. The van der Waals surface area contributed by atoms with Gasteiger partial charge in [-0.1, -0.05) is 25.4 Å². The summed E-state index contributed by atoms with van der Waals surface area (Å²) in [4.78, 5) is 0. The standard InChI is InChI=1S/C11H14Cl2O3S/c1-11(2,8-17(13,14)15)7-16-10-5-3-9(12)4-6-10/h3-6H,7-8H2,1-2H3. The smallest absolute Gasteiger partial charge is 0.233 e. The highest BCUT2D eigenvalue weighted by Gasteiger charge is 2.25. The second kappa shape index (κ2) is 5.46. The minimum atomic E-state index is -3.52. The molecule has 0 saturated heterocycles. The second-order valence-electron chi connectivity index (χ2n) is 4.59. The van der Waals surface area contributed by atoms with Crippen LogP contribution in [0.25, 0.3) is 0 Å². The molecular formula is C11H14Cl2O3S. The van der Waals surface area contributed by atoms with Crippen LogP contribution in [0.1, 0.15) is 13.8 Å². The lowest BCUT2D eigenvalue weighted by molar-refractivity contribution is 0.200. The molecule has 0 unspecified atom stereocenters. The van der Waals surface area contributed by atoms with Gasteiger partial charge >= 0.3 is 0 Å². The summed E-state index contributed by atoms with van der Waals surface area (Å²) in [5, 5.41) is 0.625. The predicted octanol–water partition coefficient (Wildman–Crippen LogP) is 3.31. The van der Waals surface area contributed by atoms with Crippen LogP contribution in [0.5, 0.6) is 5.75 Å². The molecule has 1 rings (SSSR count). The van der Waals surface area contributed by atoms with Crippen molar-refractivity contribution < 1.29 is 13.2 Å². The zero-order chi connectivity index (χ0) is 13.1. The Morgan fingerprint density at radius 1 is 1.24 bits per heavy atom. The fourth-order valence-corrected chi connectivity index (χ4v) is 3.35. The number of hydrogen-bond acceptors (Lipinski definition) is 3. The van der Waals surface area contributed by atoms with Crippen molar-refractivity contribution in [3.8, 4) is 5.75 Å². The molecular weight excluding hydrogens is 283 g/mol. The van der Waals surface area contributed by atoms with E-state index in [9.17, 15) is 8.42 Å². The maximum Gasteiger partial charge on any atom is 0.233 e. The zero-order valence-corrected chi connectivity index (χ0v) is 11.9. The third-order valence-corrected chi connectivity index (χ3v) is 3.71. The Kier molecular flexibility index (Phi) is 4.69. The van der Waals surface area contributed by atoms with E-state index in [1.807, 2.05) is 0 Å². The van der Waals surface area contributed by atoms with Crippen molar-refractivity contribution >= 4 is 31.3 Å². The maximum absolute atomic E-state index is 11.0. The summed E-state index contributed by atoms with van der Waals surface area (Å²) < 4.78 is 27.5. The highest BCUT2D eigenvalue weighted by atomic mass is 35.7. The Balaban J connectivity index is 2.58. The molecule has 0 aromatic heterocycles. The first-order chi connectivity index (χ1) is 7.68. The first-order valence-corrected chi connectivity index (χ1v) is 7.84. The van der Waals surface area contributed by atoms with Gasteiger partial charge in [-0.25, -0.2) is 8.42 Å². The van der Waals surface area contributed by atoms with Crippen LogP contribution >= 0.6 is 22.3 Å². The molecule has 96 valence electrons. The van der Waals surface area contributed by atoms with Crippen LogP contribution in [0.3, 0.4) is 0 Å². The van der Waals surface area contributed by atoms with Crippen molar-refractivity contribution in [2.24, 2.45) is 5.41 Å². The molecule has 1 aromatic carbocycles. The predicted molar refractivity (Wildman–Crippen MR) is 70.4 cm³/mol. The van der Waals surface area contributed by atoms with Crippen molar-refractivity contribution in [2.75, 3.05) is 12.4 Å². The van der Waals surface area contributed by atoms with Crippen LogP contribution in [0.15, 0.2) is 24.3 Å². The molecule has 0 saturated carbocycles. The molecule has 0 amide bonds. The van der Waals surface area contributed by atoms with Crippen molar-refractivity contribution in [1.29, 1.82) is 0 Å². The highest BCUT2D eigenvalue weighted by Crippen LogP contribution is 2.23. The van der Waals surface area contributed by atoms with E-state index in [1.165, 1.54) is 0 Å². The van der Waals surface area contributed by atoms with Gasteiger partial charge in [0.1, 0.15) is 5.75 Å². The van der Waals surface area contributed by atoms with Gasteiger partial charge in [-0.2, -0.15) is 0 Å². The Hall–Kier alpha value is -0.450. The normalized spacial score (nSPS) is 12.5. The van der Waals surface area contributed by atoms with Gasteiger partial charge in [-0.3, -0.25) is 0 Å². The van der Waals surface area contributed by atoms with Crippen LogP contribution in [0, 0.1) is 5.41 Å². The van der Waals surface area contributed by atoms with Gasteiger partial charge in [0.2, 0.25) is 9.05 Å². The van der Waals surface area contributed by atoms with E-state index in [0.717, 1.165) is 0 Å². The largest absolute Gasteiger partial charge is 0.493 e. The van der Waals surface area contributed by atoms with E-state index in [1.54, 1.807) is 38.1 Å². The lowest BCUT2D eigenvalue weighted by Gasteiger charge is -2.22. The molecule has 0 fully saturated rings. The fourth-order valence-electron chi connectivity index (χ4n) is 1.32. The van der Waals surface area contributed by atoms with Gasteiger partial charge in [0.05, 0.1) is 12.4 Å². The highest BCUT2D eigenvalue weighted by molar-refractivity contribution is 8.13. The molecule has 0 aliphatic carbocycles. The van der Waals surface area contributed by atoms with Gasteiger partial charge in [-0.15, -0.1) is 0 Å². The second-order valence-corrected chi connectivity index (χ2v) is 7.80. The number of hydrogen-bond donors (Lipinski definition) is 0. The molecule has 0 atom stereocenters. The Bertz CT molecular complexity index is 466. The van der Waals surface area contributed by atoms with Crippen LogP contribution in [0.4, 0.5) is 0 Å². The number of halogens is 2. The molecule has 0 spiro atoms. The summed E-state index contributed by atoms with van der Waals surface area (Å²) in [5.74, 6) is 0.518. The number of benzene rings is 1. The monoisotopic (exact) mass is 296 g/mol. The van der Waals surface area contributed by atoms with Crippen molar-refractivity contribution in [1.82, 2.24) is 0 Å². The molecule has 17 heavy (non-hydrogen) atoms. The first kappa shape index (κ1) is 14.6. The Morgan fingerprint density at radius 2 is 1.76 bits per heavy atom. The third kappa shape index (κ3) is 6.15. The van der Waals surface area contributed by atoms with Crippen LogP contribution in [0.2, 0.25) is 5.02 Å². The minimum Gasteiger partial charge on any atom is -0.493 e. The van der Waals surface area contributed by atoms with Crippen molar-refractivity contribution in [2.45, 2.75) is 13.8 Å². The molecule has 0 N–H and O–H groups in total. The van der Waals surface area contributed by atoms with Crippen molar-refractivity contribution in [3.63, 3.8) is 0 Å². The molecule has 6 heteroatoms. The summed E-state index contributed by atoms with van der Waals surface area (Å²) in [7, 11) is 1.70. The molecule has 0 aliphatic rings.